The molecule has 0 aromatic heterocycles. The fourth-order valence-electron chi connectivity index (χ4n) is 0.590. The van der Waals surface area contributed by atoms with E-state index >= 15 is 0 Å². The first-order chi connectivity index (χ1) is 5.63. The molecule has 7 N–H and O–H groups in total. The summed E-state index contributed by atoms with van der Waals surface area (Å²) in [7, 11) is 0. The Morgan fingerprint density at radius 1 is 1.36 bits per heavy atom. The maximum Gasteiger partial charge on any atom is 0.137 e. The molecule has 0 aromatic rings. The average Bonchev–Trinajstić information content (AvgIpc) is 2.11. The average molecular weight is 167 g/mol. The van der Waals surface area contributed by atoms with E-state index in [9.17, 15) is 0 Å². The van der Waals surface area contributed by atoms with E-state index < -0.39 is 24.9 Å². The molecular weight excluding hydrogens is 152 g/mol. The zero-order chi connectivity index (χ0) is 9.56. The van der Waals surface area contributed by atoms with Gasteiger partial charge in [0.05, 0.1) is 12.7 Å². The van der Waals surface area contributed by atoms with Crippen molar-refractivity contribution in [3.63, 3.8) is 0 Å². The van der Waals surface area contributed by atoms with Crippen molar-refractivity contribution < 1.29 is 21.8 Å². The van der Waals surface area contributed by atoms with Gasteiger partial charge in [0.15, 0.2) is 0 Å². The molecule has 0 aliphatic heterocycles. The highest BCUT2D eigenvalue weighted by atomic mass is 16.4. The van der Waals surface area contributed by atoms with Gasteiger partial charge in [-0.25, -0.2) is 0 Å². The molecular formula is C5H14N2O4. The summed E-state index contributed by atoms with van der Waals surface area (Å²) < 4.78 is 6.42. The molecule has 3 atom stereocenters. The van der Waals surface area contributed by atoms with Crippen molar-refractivity contribution in [3.05, 3.63) is 0 Å². The van der Waals surface area contributed by atoms with Gasteiger partial charge in [0.25, 0.3) is 0 Å². The summed E-state index contributed by atoms with van der Waals surface area (Å²) in [4.78, 5) is 0. The predicted molar refractivity (Wildman–Crippen MR) is 37.3 cm³/mol. The van der Waals surface area contributed by atoms with Crippen molar-refractivity contribution >= 4 is 0 Å². The number of nitrogens with two attached hydrogens (primary N) is 1. The monoisotopic (exact) mass is 167 g/mol. The molecule has 0 heterocycles. The van der Waals surface area contributed by atoms with Crippen molar-refractivity contribution in [2.75, 3.05) is 13.2 Å². The van der Waals surface area contributed by atoms with E-state index in [2.05, 4.69) is 5.43 Å². The summed E-state index contributed by atoms with van der Waals surface area (Å²) in [6, 6.07) is 0. The molecule has 6 heteroatoms. The van der Waals surface area contributed by atoms with Crippen molar-refractivity contribution in [2.24, 2.45) is 5.84 Å². The molecule has 0 aliphatic rings. The van der Waals surface area contributed by atoms with Gasteiger partial charge in [-0.1, -0.05) is 0 Å². The standard InChI is InChI=1S/C5H14N2O4/c6-7-1-3(9)5(11)4(10)2-8/h3-5,7-11H,1-2,6H2/t3-,4+,5+/m0/s1/i/hD. The van der Waals surface area contributed by atoms with Gasteiger partial charge >= 0.3 is 0 Å². The quantitative estimate of drug-likeness (QED) is 0.181. The first-order valence-electron chi connectivity index (χ1n) is 3.68. The van der Waals surface area contributed by atoms with Crippen LogP contribution in [-0.4, -0.2) is 51.9 Å². The Kier molecular flexibility index (Phi) is 4.36. The number of nitrogens with one attached hydrogen (secondary N) is 1. The fourth-order valence-corrected chi connectivity index (χ4v) is 0.590. The first kappa shape index (κ1) is 8.85. The van der Waals surface area contributed by atoms with Crippen LogP contribution in [0.2, 0.25) is 1.41 Å². The van der Waals surface area contributed by atoms with Crippen LogP contribution < -0.4 is 11.3 Å². The molecule has 0 bridgehead atoms. The lowest BCUT2D eigenvalue weighted by Crippen LogP contribution is -2.46. The fraction of sp³-hybridized carbons (Fsp3) is 1.00. The van der Waals surface area contributed by atoms with Crippen molar-refractivity contribution in [1.82, 2.24) is 5.43 Å². The Bertz CT molecular complexity index is 118. The number of aliphatic hydroxyl groups is 4. The van der Waals surface area contributed by atoms with Crippen molar-refractivity contribution in [2.45, 2.75) is 18.3 Å². The van der Waals surface area contributed by atoms with Crippen LogP contribution in [0.15, 0.2) is 0 Å². The van der Waals surface area contributed by atoms with Crippen LogP contribution in [-0.2, 0) is 0 Å². The lowest BCUT2D eigenvalue weighted by atomic mass is 10.1. The first-order valence-corrected chi connectivity index (χ1v) is 3.18. The van der Waals surface area contributed by atoms with Gasteiger partial charge in [0.1, 0.15) is 13.6 Å². The Morgan fingerprint density at radius 2 is 2.00 bits per heavy atom. The maximum absolute atomic E-state index is 9.04. The van der Waals surface area contributed by atoms with Gasteiger partial charge in [0, 0.05) is 6.54 Å². The summed E-state index contributed by atoms with van der Waals surface area (Å²) in [6.07, 6.45) is -4.02. The molecule has 6 nitrogen and oxygen atoms in total. The summed E-state index contributed by atoms with van der Waals surface area (Å²) in [6.45, 7) is -0.714. The van der Waals surface area contributed by atoms with E-state index in [0.717, 1.165) is 0 Å². The van der Waals surface area contributed by atoms with E-state index in [-0.39, 0.29) is 6.54 Å². The highest BCUT2D eigenvalue weighted by molar-refractivity contribution is 4.75. The third kappa shape index (κ3) is 3.61. The van der Waals surface area contributed by atoms with Gasteiger partial charge < -0.3 is 20.4 Å². The molecule has 0 fully saturated rings. The third-order valence-electron chi connectivity index (χ3n) is 1.29. The number of rotatable bonds is 6. The predicted octanol–water partition coefficient (Wildman–Crippen LogP) is -3.48. The van der Waals surface area contributed by atoms with E-state index in [1.165, 1.54) is 0 Å². The molecule has 0 rings (SSSR count). The molecule has 0 saturated carbocycles. The summed E-state index contributed by atoms with van der Waals surface area (Å²) in [5, 5.41) is 35.3. The molecule has 68 valence electrons. The van der Waals surface area contributed by atoms with E-state index in [1.54, 1.807) is 5.84 Å². The minimum Gasteiger partial charge on any atom is -0.394 e. The molecule has 0 radical (unpaired) electrons. The highest BCUT2D eigenvalue weighted by Crippen LogP contribution is 1.97. The summed E-state index contributed by atoms with van der Waals surface area (Å²) in [5.74, 6) is 1.80. The van der Waals surface area contributed by atoms with Crippen LogP contribution in [0.25, 0.3) is 0 Å². The highest BCUT2D eigenvalue weighted by Gasteiger charge is 2.22. The van der Waals surface area contributed by atoms with Gasteiger partial charge in [-0.2, -0.15) is 0 Å². The van der Waals surface area contributed by atoms with Crippen LogP contribution in [0.3, 0.4) is 0 Å². The maximum atomic E-state index is 9.04. The van der Waals surface area contributed by atoms with Gasteiger partial charge in [-0.05, 0) is 0 Å². The van der Waals surface area contributed by atoms with Crippen LogP contribution in [0.4, 0.5) is 0 Å². The molecule has 0 aromatic carbocycles. The SMILES string of the molecule is [2H]NNC[C@H](O)[C@@H](O)[C@H](O)CO. The molecule has 0 amide bonds. The minimum atomic E-state index is -1.42. The zero-order valence-electron chi connectivity index (χ0n) is 6.94. The second-order valence-corrected chi connectivity index (χ2v) is 2.19. The van der Waals surface area contributed by atoms with Crippen LogP contribution in [0.5, 0.6) is 0 Å². The Morgan fingerprint density at radius 3 is 2.45 bits per heavy atom. The third-order valence-corrected chi connectivity index (χ3v) is 1.29. The smallest absolute Gasteiger partial charge is 0.137 e. The summed E-state index contributed by atoms with van der Waals surface area (Å²) >= 11 is 0. The lowest BCUT2D eigenvalue weighted by Gasteiger charge is -2.20. The molecule has 0 spiro atoms. The second-order valence-electron chi connectivity index (χ2n) is 2.19. The lowest BCUT2D eigenvalue weighted by molar-refractivity contribution is -0.0749. The van der Waals surface area contributed by atoms with Gasteiger partial charge in [-0.3, -0.25) is 11.3 Å². The number of hydrazine groups is 1. The Hall–Kier alpha value is -0.240. The van der Waals surface area contributed by atoms with Gasteiger partial charge in [-0.15, -0.1) is 0 Å². The molecule has 0 aliphatic carbocycles. The van der Waals surface area contributed by atoms with Crippen molar-refractivity contribution in [3.8, 4) is 0 Å². The van der Waals surface area contributed by atoms with Crippen molar-refractivity contribution in [1.29, 1.82) is 0 Å². The summed E-state index contributed by atoms with van der Waals surface area (Å²) in [5.41, 5.74) is 2.22. The minimum absolute atomic E-state index is 0.0955. The normalized spacial score (nSPS) is 20.5. The Balaban J connectivity index is 3.67. The van der Waals surface area contributed by atoms with Gasteiger partial charge in [0.2, 0.25) is 0 Å². The second kappa shape index (κ2) is 5.42. The van der Waals surface area contributed by atoms with Crippen LogP contribution >= 0.6 is 0 Å². The van der Waals surface area contributed by atoms with E-state index in [4.69, 9.17) is 21.8 Å². The molecule has 11 heavy (non-hydrogen) atoms. The number of hydrogen-bond acceptors (Lipinski definition) is 6. The van der Waals surface area contributed by atoms with E-state index in [1.807, 2.05) is 0 Å². The molecule has 0 saturated heterocycles. The number of aliphatic hydroxyl groups excluding tert-OH is 4. The zero-order valence-corrected chi connectivity index (χ0v) is 5.94. The largest absolute Gasteiger partial charge is 0.394 e. The van der Waals surface area contributed by atoms with Crippen LogP contribution in [0.1, 0.15) is 0 Å². The number of hydrogen-bond donors (Lipinski definition) is 6. The van der Waals surface area contributed by atoms with Crippen LogP contribution in [0, 0.1) is 0 Å². The van der Waals surface area contributed by atoms with E-state index in [0.29, 0.717) is 0 Å². The Labute approximate surface area is 65.7 Å². The topological polar surface area (TPSA) is 119 Å². The molecule has 0 unspecified atom stereocenters.